The van der Waals surface area contributed by atoms with E-state index in [2.05, 4.69) is 15.7 Å². The molecule has 0 aliphatic carbocycles. The van der Waals surface area contributed by atoms with Crippen LogP contribution in [-0.4, -0.2) is 61.0 Å². The van der Waals surface area contributed by atoms with Crippen LogP contribution >= 0.6 is 0 Å². The van der Waals surface area contributed by atoms with Crippen LogP contribution in [-0.2, 0) is 31.0 Å². The van der Waals surface area contributed by atoms with E-state index in [-0.39, 0.29) is 11.8 Å². The second-order valence-corrected chi connectivity index (χ2v) is 8.49. The third kappa shape index (κ3) is 3.58. The van der Waals surface area contributed by atoms with Gasteiger partial charge in [-0.05, 0) is 13.0 Å². The molecule has 3 aromatic rings. The van der Waals surface area contributed by atoms with Crippen LogP contribution in [0.2, 0.25) is 0 Å². The van der Waals surface area contributed by atoms with Crippen LogP contribution < -0.4 is 4.74 Å². The monoisotopic (exact) mass is 437 g/mol. The molecule has 2 fully saturated rings. The number of pyridine rings is 2. The summed E-state index contributed by atoms with van der Waals surface area (Å²) in [5.41, 5.74) is 3.69. The molecule has 0 aromatic carbocycles. The molecule has 8 nitrogen and oxygen atoms in total. The molecule has 0 N–H and O–H groups in total. The summed E-state index contributed by atoms with van der Waals surface area (Å²) in [6, 6.07) is 6.10. The van der Waals surface area contributed by atoms with Crippen molar-refractivity contribution in [1.29, 1.82) is 0 Å². The zero-order valence-electron chi connectivity index (χ0n) is 18.6. The predicted octanol–water partition coefficient (Wildman–Crippen LogP) is 3.07. The van der Waals surface area contributed by atoms with Crippen LogP contribution in [0.5, 0.6) is 5.75 Å². The number of carbonyl (C=O) groups excluding carboxylic acids is 1. The molecule has 2 aliphatic heterocycles. The zero-order valence-corrected chi connectivity index (χ0v) is 18.6. The molecule has 5 heterocycles. The van der Waals surface area contributed by atoms with Crippen LogP contribution in [0.1, 0.15) is 30.8 Å². The lowest BCUT2D eigenvalue weighted by molar-refractivity contribution is -0.116. The van der Waals surface area contributed by atoms with Gasteiger partial charge in [0, 0.05) is 61.5 Å². The number of hydrogen-bond donors (Lipinski definition) is 0. The van der Waals surface area contributed by atoms with Crippen molar-refractivity contribution in [3.8, 4) is 17.0 Å². The molecule has 0 amide bonds. The van der Waals surface area contributed by atoms with E-state index in [0.29, 0.717) is 38.6 Å². The van der Waals surface area contributed by atoms with Crippen molar-refractivity contribution in [3.05, 3.63) is 42.0 Å². The summed E-state index contributed by atoms with van der Waals surface area (Å²) in [6.45, 7) is 3.99. The Morgan fingerprint density at radius 2 is 2.09 bits per heavy atom. The molecule has 0 unspecified atom stereocenters. The Hall–Kier alpha value is -2.81. The van der Waals surface area contributed by atoms with Gasteiger partial charge in [0.2, 0.25) is 0 Å². The number of ether oxygens (including phenoxy) is 4. The van der Waals surface area contributed by atoms with E-state index in [9.17, 15) is 4.79 Å². The third-order valence-corrected chi connectivity index (χ3v) is 6.37. The van der Waals surface area contributed by atoms with Crippen LogP contribution in [0.25, 0.3) is 22.2 Å². The predicted molar refractivity (Wildman–Crippen MR) is 118 cm³/mol. The van der Waals surface area contributed by atoms with Crippen molar-refractivity contribution < 1.29 is 23.7 Å². The second-order valence-electron chi connectivity index (χ2n) is 8.49. The fraction of sp³-hybridized carbons (Fsp3) is 0.458. The van der Waals surface area contributed by atoms with Gasteiger partial charge in [0.15, 0.2) is 0 Å². The summed E-state index contributed by atoms with van der Waals surface area (Å²) < 4.78 is 24.8. The van der Waals surface area contributed by atoms with Crippen molar-refractivity contribution in [3.63, 3.8) is 0 Å². The lowest BCUT2D eigenvalue weighted by Gasteiger charge is -2.28. The Bertz CT molecular complexity index is 1160. The van der Waals surface area contributed by atoms with Crippen LogP contribution in [0.4, 0.5) is 0 Å². The number of hydrogen-bond acceptors (Lipinski definition) is 7. The maximum Gasteiger partial charge on any atom is 0.135 e. The van der Waals surface area contributed by atoms with Gasteiger partial charge in [-0.3, -0.25) is 9.78 Å². The average molecular weight is 437 g/mol. The highest BCUT2D eigenvalue weighted by Gasteiger charge is 2.39. The van der Waals surface area contributed by atoms with Gasteiger partial charge in [0.1, 0.15) is 17.1 Å². The van der Waals surface area contributed by atoms with Gasteiger partial charge in [-0.25, -0.2) is 4.98 Å². The summed E-state index contributed by atoms with van der Waals surface area (Å²) in [4.78, 5) is 21.2. The van der Waals surface area contributed by atoms with E-state index in [0.717, 1.165) is 40.0 Å². The summed E-state index contributed by atoms with van der Waals surface area (Å²) in [5.74, 6) is 0.787. The average Bonchev–Trinajstić information content (AvgIpc) is 3.38. The lowest BCUT2D eigenvalue weighted by atomic mass is 9.96. The summed E-state index contributed by atoms with van der Waals surface area (Å²) >= 11 is 0. The molecule has 0 spiro atoms. The van der Waals surface area contributed by atoms with Crippen LogP contribution in [0, 0.1) is 0 Å². The largest absolute Gasteiger partial charge is 0.497 e. The fourth-order valence-electron chi connectivity index (χ4n) is 4.44. The Kier molecular flexibility index (Phi) is 5.44. The first-order valence-electron chi connectivity index (χ1n) is 10.8. The molecule has 5 rings (SSSR count). The van der Waals surface area contributed by atoms with E-state index >= 15 is 0 Å². The standard InChI is InChI=1S/C24H27N3O5/c1-15(28)6-16-7-19-20(11-27(17-12-32-13-17)22(19)10-25-16)21-8-18(29-2)9-23(26-21)24(30-3)4-5-31-14-24/h7-11,17H,4-6,12-14H2,1-3H3/t24-/m1/s1. The Morgan fingerprint density at radius 3 is 2.72 bits per heavy atom. The Morgan fingerprint density at radius 1 is 1.25 bits per heavy atom. The molecule has 32 heavy (non-hydrogen) atoms. The number of fused-ring (bicyclic) bond motifs is 1. The molecule has 8 heteroatoms. The minimum atomic E-state index is -0.592. The Balaban J connectivity index is 1.69. The van der Waals surface area contributed by atoms with Gasteiger partial charge in [-0.1, -0.05) is 0 Å². The maximum absolute atomic E-state index is 11.7. The van der Waals surface area contributed by atoms with Crippen molar-refractivity contribution in [2.24, 2.45) is 0 Å². The summed E-state index contributed by atoms with van der Waals surface area (Å²) in [6.07, 6.45) is 4.98. The number of rotatable bonds is 7. The smallest absolute Gasteiger partial charge is 0.135 e. The number of ketones is 1. The van der Waals surface area contributed by atoms with Gasteiger partial charge >= 0.3 is 0 Å². The zero-order chi connectivity index (χ0) is 22.3. The first-order valence-corrected chi connectivity index (χ1v) is 10.8. The third-order valence-electron chi connectivity index (χ3n) is 6.37. The van der Waals surface area contributed by atoms with Crippen molar-refractivity contribution >= 4 is 16.7 Å². The Labute approximate surface area is 186 Å². The van der Waals surface area contributed by atoms with E-state index in [1.54, 1.807) is 21.1 Å². The second kappa shape index (κ2) is 8.27. The van der Waals surface area contributed by atoms with Gasteiger partial charge in [0.25, 0.3) is 0 Å². The number of aromatic nitrogens is 3. The van der Waals surface area contributed by atoms with Gasteiger partial charge in [-0.2, -0.15) is 0 Å². The number of carbonyl (C=O) groups is 1. The molecule has 168 valence electrons. The van der Waals surface area contributed by atoms with E-state index < -0.39 is 5.60 Å². The minimum absolute atomic E-state index is 0.0790. The molecule has 0 radical (unpaired) electrons. The highest BCUT2D eigenvalue weighted by molar-refractivity contribution is 5.96. The maximum atomic E-state index is 11.7. The summed E-state index contributed by atoms with van der Waals surface area (Å²) in [5, 5.41) is 1.00. The van der Waals surface area contributed by atoms with Gasteiger partial charge in [-0.15, -0.1) is 0 Å². The molecule has 2 aliphatic rings. The quantitative estimate of drug-likeness (QED) is 0.562. The van der Waals surface area contributed by atoms with Crippen LogP contribution in [0.15, 0.2) is 30.6 Å². The van der Waals surface area contributed by atoms with Crippen LogP contribution in [0.3, 0.4) is 0 Å². The van der Waals surface area contributed by atoms with E-state index in [4.69, 9.17) is 23.9 Å². The fourth-order valence-corrected chi connectivity index (χ4v) is 4.44. The molecule has 0 saturated carbocycles. The summed E-state index contributed by atoms with van der Waals surface area (Å²) in [7, 11) is 3.34. The number of nitrogens with zero attached hydrogens (tertiary/aromatic N) is 3. The highest BCUT2D eigenvalue weighted by atomic mass is 16.5. The molecular weight excluding hydrogens is 410 g/mol. The highest BCUT2D eigenvalue weighted by Crippen LogP contribution is 2.39. The molecule has 0 bridgehead atoms. The molecule has 1 atom stereocenters. The van der Waals surface area contributed by atoms with Gasteiger partial charge < -0.3 is 23.5 Å². The van der Waals surface area contributed by atoms with Crippen molar-refractivity contribution in [1.82, 2.24) is 14.5 Å². The lowest BCUT2D eigenvalue weighted by Crippen LogP contribution is -2.30. The van der Waals surface area contributed by atoms with Gasteiger partial charge in [0.05, 0.1) is 56.1 Å². The van der Waals surface area contributed by atoms with Crippen molar-refractivity contribution in [2.75, 3.05) is 40.6 Å². The number of Topliss-reactive ketones (excluding diaryl/α,β-unsaturated/α-hetero) is 1. The topological polar surface area (TPSA) is 84.7 Å². The minimum Gasteiger partial charge on any atom is -0.497 e. The molecular formula is C24H27N3O5. The van der Waals surface area contributed by atoms with Crippen molar-refractivity contribution in [2.45, 2.75) is 31.4 Å². The SMILES string of the molecule is COc1cc(-c2cn(C3COC3)c3cnc(CC(C)=O)cc23)nc([C@@]2(OC)CCOC2)c1. The first kappa shape index (κ1) is 21.1. The molecule has 3 aromatic heterocycles. The number of methoxy groups -OCH3 is 2. The van der Waals surface area contributed by atoms with E-state index in [1.165, 1.54) is 0 Å². The first-order chi connectivity index (χ1) is 15.5. The molecule has 2 saturated heterocycles. The normalized spacial score (nSPS) is 21.1. The van der Waals surface area contributed by atoms with E-state index in [1.807, 2.05) is 24.4 Å².